The maximum Gasteiger partial charge on any atom is 0.104 e. The third-order valence-electron chi connectivity index (χ3n) is 2.56. The van der Waals surface area contributed by atoms with Gasteiger partial charge in [0.15, 0.2) is 0 Å². The predicted octanol–water partition coefficient (Wildman–Crippen LogP) is 2.21. The summed E-state index contributed by atoms with van der Waals surface area (Å²) in [5, 5.41) is 8.21. The van der Waals surface area contributed by atoms with Crippen molar-refractivity contribution in [2.24, 2.45) is 0 Å². The SMILES string of the molecule is Nc1cccc2[nH]nc(-c3cccnc3)c12. The van der Waals surface area contributed by atoms with Crippen LogP contribution in [0.1, 0.15) is 0 Å². The molecule has 3 rings (SSSR count). The molecular formula is C12H10N4. The van der Waals surface area contributed by atoms with Gasteiger partial charge in [-0.2, -0.15) is 5.10 Å². The highest BCUT2D eigenvalue weighted by Gasteiger charge is 2.09. The number of anilines is 1. The van der Waals surface area contributed by atoms with E-state index in [4.69, 9.17) is 5.73 Å². The van der Waals surface area contributed by atoms with Crippen molar-refractivity contribution in [2.45, 2.75) is 0 Å². The average molecular weight is 210 g/mol. The Morgan fingerprint density at radius 1 is 1.12 bits per heavy atom. The molecule has 0 spiro atoms. The minimum absolute atomic E-state index is 0.727. The largest absolute Gasteiger partial charge is 0.398 e. The zero-order valence-corrected chi connectivity index (χ0v) is 8.51. The van der Waals surface area contributed by atoms with Gasteiger partial charge in [0.25, 0.3) is 0 Å². The van der Waals surface area contributed by atoms with E-state index in [-0.39, 0.29) is 0 Å². The van der Waals surface area contributed by atoms with E-state index >= 15 is 0 Å². The van der Waals surface area contributed by atoms with E-state index in [9.17, 15) is 0 Å². The average Bonchev–Trinajstić information content (AvgIpc) is 2.75. The van der Waals surface area contributed by atoms with Crippen molar-refractivity contribution in [1.29, 1.82) is 0 Å². The smallest absolute Gasteiger partial charge is 0.104 e. The molecule has 0 aliphatic heterocycles. The lowest BCUT2D eigenvalue weighted by atomic mass is 10.1. The quantitative estimate of drug-likeness (QED) is 0.605. The Morgan fingerprint density at radius 2 is 2.06 bits per heavy atom. The first kappa shape index (κ1) is 8.91. The lowest BCUT2D eigenvalue weighted by molar-refractivity contribution is 1.12. The van der Waals surface area contributed by atoms with E-state index < -0.39 is 0 Å². The van der Waals surface area contributed by atoms with Crippen LogP contribution in [0.4, 0.5) is 5.69 Å². The van der Waals surface area contributed by atoms with Crippen LogP contribution in [0, 0.1) is 0 Å². The molecule has 2 aromatic heterocycles. The van der Waals surface area contributed by atoms with Gasteiger partial charge in [0.05, 0.1) is 10.9 Å². The molecular weight excluding hydrogens is 200 g/mol. The van der Waals surface area contributed by atoms with Crippen LogP contribution < -0.4 is 5.73 Å². The molecule has 4 nitrogen and oxygen atoms in total. The highest BCUT2D eigenvalue weighted by atomic mass is 15.1. The van der Waals surface area contributed by atoms with Crippen molar-refractivity contribution in [3.63, 3.8) is 0 Å². The fourth-order valence-electron chi connectivity index (χ4n) is 1.81. The van der Waals surface area contributed by atoms with E-state index in [2.05, 4.69) is 15.2 Å². The highest BCUT2D eigenvalue weighted by Crippen LogP contribution is 2.29. The van der Waals surface area contributed by atoms with Crippen LogP contribution in [-0.2, 0) is 0 Å². The monoisotopic (exact) mass is 210 g/mol. The molecule has 78 valence electrons. The molecule has 0 aliphatic carbocycles. The second-order valence-corrected chi connectivity index (χ2v) is 3.58. The van der Waals surface area contributed by atoms with Gasteiger partial charge < -0.3 is 5.73 Å². The number of fused-ring (bicyclic) bond motifs is 1. The molecule has 0 saturated heterocycles. The third kappa shape index (κ3) is 1.24. The number of nitrogens with one attached hydrogen (secondary N) is 1. The van der Waals surface area contributed by atoms with E-state index in [0.717, 1.165) is 27.8 Å². The summed E-state index contributed by atoms with van der Waals surface area (Å²) < 4.78 is 0. The molecule has 2 heterocycles. The molecule has 0 aliphatic rings. The number of hydrogen-bond acceptors (Lipinski definition) is 3. The van der Waals surface area contributed by atoms with E-state index in [1.54, 1.807) is 12.4 Å². The van der Waals surface area contributed by atoms with Crippen LogP contribution in [0.2, 0.25) is 0 Å². The van der Waals surface area contributed by atoms with Crippen LogP contribution in [0.5, 0.6) is 0 Å². The summed E-state index contributed by atoms with van der Waals surface area (Å²) in [4.78, 5) is 4.08. The third-order valence-corrected chi connectivity index (χ3v) is 2.56. The summed E-state index contributed by atoms with van der Waals surface area (Å²) in [7, 11) is 0. The molecule has 0 bridgehead atoms. The van der Waals surface area contributed by atoms with Gasteiger partial charge in [0, 0.05) is 23.6 Å². The molecule has 3 aromatic rings. The normalized spacial score (nSPS) is 10.8. The zero-order chi connectivity index (χ0) is 11.0. The minimum Gasteiger partial charge on any atom is -0.398 e. The molecule has 0 amide bonds. The van der Waals surface area contributed by atoms with Gasteiger partial charge in [-0.3, -0.25) is 10.1 Å². The van der Waals surface area contributed by atoms with Crippen molar-refractivity contribution in [3.8, 4) is 11.3 Å². The van der Waals surface area contributed by atoms with Crippen LogP contribution in [0.25, 0.3) is 22.2 Å². The Labute approximate surface area is 92.1 Å². The van der Waals surface area contributed by atoms with Gasteiger partial charge in [-0.25, -0.2) is 0 Å². The Kier molecular flexibility index (Phi) is 1.86. The number of rotatable bonds is 1. The van der Waals surface area contributed by atoms with Gasteiger partial charge in [0.2, 0.25) is 0 Å². The number of aromatic nitrogens is 3. The number of benzene rings is 1. The fourth-order valence-corrected chi connectivity index (χ4v) is 1.81. The van der Waals surface area contributed by atoms with Gasteiger partial charge in [-0.1, -0.05) is 6.07 Å². The number of hydrogen-bond donors (Lipinski definition) is 2. The Morgan fingerprint density at radius 3 is 2.88 bits per heavy atom. The zero-order valence-electron chi connectivity index (χ0n) is 8.51. The first-order valence-electron chi connectivity index (χ1n) is 4.99. The predicted molar refractivity (Wildman–Crippen MR) is 63.7 cm³/mol. The summed E-state index contributed by atoms with van der Waals surface area (Å²) in [6, 6.07) is 9.59. The molecule has 16 heavy (non-hydrogen) atoms. The maximum absolute atomic E-state index is 5.96. The molecule has 0 atom stereocenters. The van der Waals surface area contributed by atoms with Crippen LogP contribution in [0.3, 0.4) is 0 Å². The van der Waals surface area contributed by atoms with E-state index in [1.165, 1.54) is 0 Å². The summed E-state index contributed by atoms with van der Waals surface area (Å²) in [6.45, 7) is 0. The number of H-pyrrole nitrogens is 1. The van der Waals surface area contributed by atoms with Gasteiger partial charge in [0.1, 0.15) is 5.69 Å². The summed E-state index contributed by atoms with van der Waals surface area (Å²) >= 11 is 0. The standard InChI is InChI=1S/C12H10N4/c13-9-4-1-5-10-11(9)12(16-15-10)8-3-2-6-14-7-8/h1-7H,13H2,(H,15,16). The molecule has 0 radical (unpaired) electrons. The summed E-state index contributed by atoms with van der Waals surface area (Å²) in [5.41, 5.74) is 9.44. The molecule has 1 aromatic carbocycles. The second kappa shape index (κ2) is 3.34. The van der Waals surface area contributed by atoms with Crippen molar-refractivity contribution in [2.75, 3.05) is 5.73 Å². The van der Waals surface area contributed by atoms with Gasteiger partial charge in [-0.05, 0) is 24.3 Å². The van der Waals surface area contributed by atoms with Crippen molar-refractivity contribution in [1.82, 2.24) is 15.2 Å². The topological polar surface area (TPSA) is 67.6 Å². The molecule has 0 fully saturated rings. The van der Waals surface area contributed by atoms with Crippen molar-refractivity contribution >= 4 is 16.6 Å². The summed E-state index contributed by atoms with van der Waals surface area (Å²) in [6.07, 6.45) is 3.52. The Hall–Kier alpha value is -2.36. The molecule has 0 unspecified atom stereocenters. The maximum atomic E-state index is 5.96. The fraction of sp³-hybridized carbons (Fsp3) is 0. The molecule has 3 N–H and O–H groups in total. The lowest BCUT2D eigenvalue weighted by Crippen LogP contribution is -1.86. The lowest BCUT2D eigenvalue weighted by Gasteiger charge is -1.99. The number of aromatic amines is 1. The number of nitrogens with two attached hydrogens (primary N) is 1. The van der Waals surface area contributed by atoms with Crippen molar-refractivity contribution < 1.29 is 0 Å². The second-order valence-electron chi connectivity index (χ2n) is 3.58. The molecule has 0 saturated carbocycles. The minimum atomic E-state index is 0.727. The van der Waals surface area contributed by atoms with Crippen LogP contribution in [0.15, 0.2) is 42.7 Å². The number of pyridine rings is 1. The first-order chi connectivity index (χ1) is 7.86. The molecule has 4 heteroatoms. The van der Waals surface area contributed by atoms with Crippen LogP contribution >= 0.6 is 0 Å². The number of nitrogens with zero attached hydrogens (tertiary/aromatic N) is 2. The number of nitrogen functional groups attached to an aromatic ring is 1. The Balaban J connectivity index is 2.33. The summed E-state index contributed by atoms with van der Waals surface area (Å²) in [5.74, 6) is 0. The van der Waals surface area contributed by atoms with Gasteiger partial charge >= 0.3 is 0 Å². The Bertz CT molecular complexity index is 628. The van der Waals surface area contributed by atoms with E-state index in [0.29, 0.717) is 0 Å². The van der Waals surface area contributed by atoms with Gasteiger partial charge in [-0.15, -0.1) is 0 Å². The van der Waals surface area contributed by atoms with Crippen molar-refractivity contribution in [3.05, 3.63) is 42.7 Å². The highest BCUT2D eigenvalue weighted by molar-refractivity contribution is 6.00. The first-order valence-corrected chi connectivity index (χ1v) is 4.99. The van der Waals surface area contributed by atoms with E-state index in [1.807, 2.05) is 30.3 Å². The van der Waals surface area contributed by atoms with Crippen LogP contribution in [-0.4, -0.2) is 15.2 Å².